The fourth-order valence-corrected chi connectivity index (χ4v) is 3.86. The molecule has 4 rings (SSSR count). The monoisotopic (exact) mass is 445 g/mol. The van der Waals surface area contributed by atoms with Gasteiger partial charge in [-0.2, -0.15) is 17.9 Å². The Hall–Kier alpha value is -3.73. The van der Waals surface area contributed by atoms with Crippen LogP contribution in [0.15, 0.2) is 71.2 Å². The van der Waals surface area contributed by atoms with Crippen molar-refractivity contribution in [1.29, 1.82) is 0 Å². The van der Waals surface area contributed by atoms with E-state index in [2.05, 4.69) is 15.1 Å². The molecule has 0 fully saturated rings. The first-order chi connectivity index (χ1) is 14.8. The van der Waals surface area contributed by atoms with E-state index in [9.17, 15) is 21.6 Å². The standard InChI is InChI=1S/C20H14F3N5O2S/c1-27(31(29,30)17-6-5-16(21)19(22)20(17)23)26-11-15-10-25-18-7-4-14(12-28(15)18)13-3-2-8-24-9-13/h2-12H,1H3/b26-11+. The van der Waals surface area contributed by atoms with Gasteiger partial charge < -0.3 is 0 Å². The number of hydrogen-bond donors (Lipinski definition) is 0. The van der Waals surface area contributed by atoms with E-state index in [0.29, 0.717) is 27.9 Å². The van der Waals surface area contributed by atoms with Gasteiger partial charge in [0, 0.05) is 36.8 Å². The van der Waals surface area contributed by atoms with E-state index in [0.717, 1.165) is 18.2 Å². The molecule has 11 heteroatoms. The summed E-state index contributed by atoms with van der Waals surface area (Å²) in [5.74, 6) is -5.17. The maximum atomic E-state index is 14.0. The van der Waals surface area contributed by atoms with Crippen molar-refractivity contribution in [2.24, 2.45) is 5.10 Å². The predicted octanol–water partition coefficient (Wildman–Crippen LogP) is 3.47. The van der Waals surface area contributed by atoms with Crippen molar-refractivity contribution in [3.8, 4) is 11.1 Å². The summed E-state index contributed by atoms with van der Waals surface area (Å²) in [6.45, 7) is 0. The Morgan fingerprint density at radius 3 is 2.58 bits per heavy atom. The van der Waals surface area contributed by atoms with Gasteiger partial charge in [-0.1, -0.05) is 6.07 Å². The van der Waals surface area contributed by atoms with Gasteiger partial charge in [-0.25, -0.2) is 18.2 Å². The van der Waals surface area contributed by atoms with Gasteiger partial charge in [0.15, 0.2) is 17.5 Å². The first-order valence-electron chi connectivity index (χ1n) is 8.83. The second-order valence-corrected chi connectivity index (χ2v) is 8.35. The van der Waals surface area contributed by atoms with E-state index in [1.807, 2.05) is 12.1 Å². The summed E-state index contributed by atoms with van der Waals surface area (Å²) in [5.41, 5.74) is 2.74. The molecule has 0 amide bonds. The lowest BCUT2D eigenvalue weighted by Gasteiger charge is -2.14. The molecular weight excluding hydrogens is 431 g/mol. The third-order valence-electron chi connectivity index (χ3n) is 4.51. The molecule has 0 aliphatic heterocycles. The molecule has 0 spiro atoms. The highest BCUT2D eigenvalue weighted by Crippen LogP contribution is 2.23. The molecule has 0 atom stereocenters. The van der Waals surface area contributed by atoms with Gasteiger partial charge in [-0.05, 0) is 30.3 Å². The quantitative estimate of drug-likeness (QED) is 0.268. The van der Waals surface area contributed by atoms with Crippen LogP contribution in [0.2, 0.25) is 0 Å². The van der Waals surface area contributed by atoms with Crippen LogP contribution >= 0.6 is 0 Å². The van der Waals surface area contributed by atoms with Crippen molar-refractivity contribution < 1.29 is 21.6 Å². The number of nitrogens with zero attached hydrogens (tertiary/aromatic N) is 5. The average molecular weight is 445 g/mol. The molecule has 1 aromatic carbocycles. The molecule has 4 aromatic rings. The van der Waals surface area contributed by atoms with Crippen molar-refractivity contribution in [2.75, 3.05) is 7.05 Å². The van der Waals surface area contributed by atoms with Crippen LogP contribution in [-0.4, -0.2) is 40.5 Å². The average Bonchev–Trinajstić information content (AvgIpc) is 3.18. The number of fused-ring (bicyclic) bond motifs is 1. The smallest absolute Gasteiger partial charge is 0.281 e. The Balaban J connectivity index is 1.67. The Morgan fingerprint density at radius 2 is 1.84 bits per heavy atom. The van der Waals surface area contributed by atoms with Crippen LogP contribution in [0.5, 0.6) is 0 Å². The van der Waals surface area contributed by atoms with E-state index < -0.39 is 32.4 Å². The molecular formula is C20H14F3N5O2S. The lowest BCUT2D eigenvalue weighted by atomic mass is 10.1. The maximum absolute atomic E-state index is 14.0. The van der Waals surface area contributed by atoms with Gasteiger partial charge in [-0.15, -0.1) is 0 Å². The largest absolute Gasteiger partial charge is 0.298 e. The Bertz CT molecular complexity index is 1410. The molecule has 158 valence electrons. The van der Waals surface area contributed by atoms with E-state index >= 15 is 0 Å². The zero-order valence-corrected chi connectivity index (χ0v) is 16.8. The zero-order chi connectivity index (χ0) is 22.2. The second-order valence-electron chi connectivity index (χ2n) is 6.43. The number of pyridine rings is 2. The minimum atomic E-state index is -4.55. The molecule has 0 aliphatic rings. The number of benzene rings is 1. The van der Waals surface area contributed by atoms with Crippen molar-refractivity contribution in [2.45, 2.75) is 4.90 Å². The molecule has 0 aliphatic carbocycles. The third-order valence-corrected chi connectivity index (χ3v) is 6.17. The lowest BCUT2D eigenvalue weighted by molar-refractivity contribution is 0.425. The van der Waals surface area contributed by atoms with Crippen molar-refractivity contribution in [3.05, 3.63) is 84.3 Å². The maximum Gasteiger partial charge on any atom is 0.281 e. The number of aromatic nitrogens is 3. The summed E-state index contributed by atoms with van der Waals surface area (Å²) in [5, 5.41) is 3.82. The molecule has 3 heterocycles. The minimum Gasteiger partial charge on any atom is -0.298 e. The van der Waals surface area contributed by atoms with Gasteiger partial charge in [-0.3, -0.25) is 9.38 Å². The second kappa shape index (κ2) is 7.84. The zero-order valence-electron chi connectivity index (χ0n) is 15.9. The molecule has 7 nitrogen and oxygen atoms in total. The molecule has 0 saturated heterocycles. The van der Waals surface area contributed by atoms with Crippen molar-refractivity contribution in [3.63, 3.8) is 0 Å². The molecule has 0 bridgehead atoms. The summed E-state index contributed by atoms with van der Waals surface area (Å²) >= 11 is 0. The normalized spacial score (nSPS) is 12.0. The number of hydrogen-bond acceptors (Lipinski definition) is 5. The van der Waals surface area contributed by atoms with Crippen LogP contribution in [0, 0.1) is 17.5 Å². The fraction of sp³-hybridized carbons (Fsp3) is 0.0500. The highest BCUT2D eigenvalue weighted by molar-refractivity contribution is 7.89. The van der Waals surface area contributed by atoms with E-state index in [-0.39, 0.29) is 0 Å². The van der Waals surface area contributed by atoms with Crippen molar-refractivity contribution in [1.82, 2.24) is 18.8 Å². The van der Waals surface area contributed by atoms with Crippen LogP contribution in [0.4, 0.5) is 13.2 Å². The molecule has 3 aromatic heterocycles. The molecule has 0 unspecified atom stereocenters. The van der Waals surface area contributed by atoms with E-state index in [1.165, 1.54) is 12.4 Å². The van der Waals surface area contributed by atoms with Crippen LogP contribution in [-0.2, 0) is 10.0 Å². The predicted molar refractivity (Wildman–Crippen MR) is 107 cm³/mol. The van der Waals surface area contributed by atoms with Gasteiger partial charge in [0.2, 0.25) is 0 Å². The highest BCUT2D eigenvalue weighted by Gasteiger charge is 2.27. The Morgan fingerprint density at radius 1 is 1.03 bits per heavy atom. The lowest BCUT2D eigenvalue weighted by Crippen LogP contribution is -2.23. The SMILES string of the molecule is CN(/N=C/c1cnc2ccc(-c3cccnc3)cn12)S(=O)(=O)c1ccc(F)c(F)c1F. The van der Waals surface area contributed by atoms with E-state index in [1.54, 1.807) is 35.1 Å². The summed E-state index contributed by atoms with van der Waals surface area (Å²) < 4.78 is 67.7. The van der Waals surface area contributed by atoms with Crippen LogP contribution in [0.25, 0.3) is 16.8 Å². The minimum absolute atomic E-state index is 0.438. The Kier molecular flexibility index (Phi) is 5.19. The highest BCUT2D eigenvalue weighted by atomic mass is 32.2. The summed E-state index contributed by atoms with van der Waals surface area (Å²) in [6.07, 6.45) is 7.82. The molecule has 0 saturated carbocycles. The number of sulfonamides is 1. The van der Waals surface area contributed by atoms with Crippen LogP contribution in [0.1, 0.15) is 5.69 Å². The topological polar surface area (TPSA) is 79.9 Å². The Labute approximate surface area is 175 Å². The van der Waals surface area contributed by atoms with Crippen molar-refractivity contribution >= 4 is 21.9 Å². The third kappa shape index (κ3) is 3.75. The van der Waals surface area contributed by atoms with Gasteiger partial charge >= 0.3 is 0 Å². The first-order valence-corrected chi connectivity index (χ1v) is 10.3. The summed E-state index contributed by atoms with van der Waals surface area (Å²) in [4.78, 5) is 7.28. The van der Waals surface area contributed by atoms with Gasteiger partial charge in [0.25, 0.3) is 10.0 Å². The summed E-state index contributed by atoms with van der Waals surface area (Å²) in [6, 6.07) is 8.50. The number of halogens is 3. The number of hydrazone groups is 1. The van der Waals surface area contributed by atoms with Gasteiger partial charge in [0.1, 0.15) is 10.5 Å². The van der Waals surface area contributed by atoms with Crippen LogP contribution in [0.3, 0.4) is 0 Å². The van der Waals surface area contributed by atoms with Crippen LogP contribution < -0.4 is 0 Å². The molecule has 31 heavy (non-hydrogen) atoms. The fourth-order valence-electron chi connectivity index (χ4n) is 2.85. The number of imidazole rings is 1. The molecule has 0 N–H and O–H groups in total. The number of rotatable bonds is 5. The first kappa shape index (κ1) is 20.5. The van der Waals surface area contributed by atoms with Gasteiger partial charge in [0.05, 0.1) is 18.1 Å². The molecule has 0 radical (unpaired) electrons. The van der Waals surface area contributed by atoms with E-state index in [4.69, 9.17) is 0 Å². The summed E-state index contributed by atoms with van der Waals surface area (Å²) in [7, 11) is -3.50.